The second-order valence-electron chi connectivity index (χ2n) is 10.3. The summed E-state index contributed by atoms with van der Waals surface area (Å²) in [6.45, 7) is 8.12. The summed E-state index contributed by atoms with van der Waals surface area (Å²) >= 11 is 0. The molecule has 1 atom stereocenters. The second-order valence-corrected chi connectivity index (χ2v) is 10.3. The number of hydrogen-bond acceptors (Lipinski definition) is 7. The molecule has 2 N–H and O–H groups in total. The molecular formula is C26H34N8. The molecule has 0 spiro atoms. The van der Waals surface area contributed by atoms with Crippen LogP contribution in [0.15, 0.2) is 36.7 Å². The molecule has 0 amide bonds. The average molecular weight is 459 g/mol. The summed E-state index contributed by atoms with van der Waals surface area (Å²) in [5, 5.41) is 4.60. The van der Waals surface area contributed by atoms with Gasteiger partial charge in [-0.05, 0) is 61.9 Å². The summed E-state index contributed by atoms with van der Waals surface area (Å²) < 4.78 is 2.10. The van der Waals surface area contributed by atoms with Crippen molar-refractivity contribution in [3.05, 3.63) is 47.8 Å². The van der Waals surface area contributed by atoms with Crippen LogP contribution in [0.25, 0.3) is 11.1 Å². The van der Waals surface area contributed by atoms with Gasteiger partial charge in [0.15, 0.2) is 0 Å². The van der Waals surface area contributed by atoms with E-state index in [1.54, 1.807) is 0 Å². The molecule has 34 heavy (non-hydrogen) atoms. The zero-order valence-corrected chi connectivity index (χ0v) is 20.2. The van der Waals surface area contributed by atoms with Crippen molar-refractivity contribution in [3.8, 4) is 11.1 Å². The fourth-order valence-electron chi connectivity index (χ4n) is 5.19. The first-order valence-electron chi connectivity index (χ1n) is 12.5. The maximum Gasteiger partial charge on any atom is 0.223 e. The topological polar surface area (TPSA) is 79.3 Å². The van der Waals surface area contributed by atoms with Gasteiger partial charge in [0.2, 0.25) is 5.95 Å². The number of likely N-dealkylation sites (N-methyl/N-ethyl adjacent to an activating group) is 1. The first-order valence-corrected chi connectivity index (χ1v) is 12.5. The summed E-state index contributed by atoms with van der Waals surface area (Å²) in [6, 6.07) is 9.33. The monoisotopic (exact) mass is 458 g/mol. The number of benzene rings is 1. The molecule has 8 heteroatoms. The van der Waals surface area contributed by atoms with E-state index in [1.165, 1.54) is 35.1 Å². The fourth-order valence-corrected chi connectivity index (χ4v) is 5.19. The fraction of sp³-hybridized carbons (Fsp3) is 0.500. The highest BCUT2D eigenvalue weighted by Crippen LogP contribution is 2.33. The number of rotatable bonds is 5. The summed E-state index contributed by atoms with van der Waals surface area (Å²) in [6.07, 6.45) is 7.86. The maximum atomic E-state index is 6.19. The van der Waals surface area contributed by atoms with E-state index >= 15 is 0 Å². The lowest BCUT2D eigenvalue weighted by Gasteiger charge is -2.37. The van der Waals surface area contributed by atoms with Crippen LogP contribution in [0.5, 0.6) is 0 Å². The van der Waals surface area contributed by atoms with Crippen molar-refractivity contribution in [2.24, 2.45) is 5.92 Å². The average Bonchev–Trinajstić information content (AvgIpc) is 3.52. The van der Waals surface area contributed by atoms with E-state index in [9.17, 15) is 0 Å². The highest BCUT2D eigenvalue weighted by Gasteiger charge is 2.27. The Hall–Kier alpha value is -3.13. The molecule has 8 nitrogen and oxygen atoms in total. The molecule has 2 aliphatic heterocycles. The van der Waals surface area contributed by atoms with Gasteiger partial charge >= 0.3 is 0 Å². The molecule has 178 valence electrons. The Labute approximate surface area is 201 Å². The van der Waals surface area contributed by atoms with Crippen LogP contribution < -0.4 is 15.5 Å². The number of anilines is 3. The maximum absolute atomic E-state index is 6.19. The van der Waals surface area contributed by atoms with E-state index < -0.39 is 0 Å². The number of nitrogens with two attached hydrogens (primary N) is 1. The second kappa shape index (κ2) is 8.58. The van der Waals surface area contributed by atoms with Crippen LogP contribution in [0.4, 0.5) is 17.6 Å². The SMILES string of the molecule is CC1Cc2ccc(-c3cnn(CC4CC4)c3)cc2CN1c1cc(N2CCN(C)CC2)nc(N)n1. The Morgan fingerprint density at radius 2 is 1.76 bits per heavy atom. The Balaban J connectivity index is 1.25. The molecule has 3 aliphatic rings. The Morgan fingerprint density at radius 1 is 0.971 bits per heavy atom. The van der Waals surface area contributed by atoms with Crippen molar-refractivity contribution in [2.75, 3.05) is 48.8 Å². The van der Waals surface area contributed by atoms with Crippen molar-refractivity contribution in [1.29, 1.82) is 0 Å². The van der Waals surface area contributed by atoms with Crippen LogP contribution in [0, 0.1) is 5.92 Å². The van der Waals surface area contributed by atoms with Gasteiger partial charge in [0.25, 0.3) is 0 Å². The van der Waals surface area contributed by atoms with E-state index in [1.807, 2.05) is 6.20 Å². The van der Waals surface area contributed by atoms with Crippen molar-refractivity contribution >= 4 is 17.6 Å². The zero-order valence-electron chi connectivity index (χ0n) is 20.2. The highest BCUT2D eigenvalue weighted by atomic mass is 15.3. The van der Waals surface area contributed by atoms with Crippen molar-refractivity contribution in [1.82, 2.24) is 24.6 Å². The molecule has 0 radical (unpaired) electrons. The lowest BCUT2D eigenvalue weighted by molar-refractivity contribution is 0.312. The van der Waals surface area contributed by atoms with Gasteiger partial charge in [-0.15, -0.1) is 0 Å². The molecule has 6 rings (SSSR count). The number of piperazine rings is 1. The van der Waals surface area contributed by atoms with Gasteiger partial charge in [0, 0.05) is 63.1 Å². The standard InChI is InChI=1S/C26H34N8/c1-18-11-20-5-6-21(23-14-28-33(16-23)15-19-3-4-19)12-22(20)17-34(18)25-13-24(29-26(27)30-25)32-9-7-31(2)8-10-32/h5-6,12-14,16,18-19H,3-4,7-11,15,17H2,1-2H3,(H2,27,29,30). The lowest BCUT2D eigenvalue weighted by atomic mass is 9.92. The van der Waals surface area contributed by atoms with Gasteiger partial charge in [0.1, 0.15) is 11.6 Å². The summed E-state index contributed by atoms with van der Waals surface area (Å²) in [5.74, 6) is 3.02. The largest absolute Gasteiger partial charge is 0.368 e. The van der Waals surface area contributed by atoms with Gasteiger partial charge in [0.05, 0.1) is 6.20 Å². The van der Waals surface area contributed by atoms with Crippen molar-refractivity contribution in [3.63, 3.8) is 0 Å². The van der Waals surface area contributed by atoms with Gasteiger partial charge in [-0.25, -0.2) is 0 Å². The lowest BCUT2D eigenvalue weighted by Crippen LogP contribution is -2.45. The minimum absolute atomic E-state index is 0.342. The molecule has 1 aromatic carbocycles. The van der Waals surface area contributed by atoms with Crippen LogP contribution in [-0.2, 0) is 19.5 Å². The van der Waals surface area contributed by atoms with Crippen LogP contribution in [0.1, 0.15) is 30.9 Å². The predicted molar refractivity (Wildman–Crippen MR) is 136 cm³/mol. The zero-order chi connectivity index (χ0) is 23.2. The highest BCUT2D eigenvalue weighted by molar-refractivity contribution is 5.65. The van der Waals surface area contributed by atoms with E-state index in [4.69, 9.17) is 5.73 Å². The number of aromatic nitrogens is 4. The minimum atomic E-state index is 0.342. The quantitative estimate of drug-likeness (QED) is 0.630. The number of hydrogen-bond donors (Lipinski definition) is 1. The molecule has 0 bridgehead atoms. The Kier molecular flexibility index (Phi) is 5.40. The molecule has 3 aromatic rings. The van der Waals surface area contributed by atoms with Crippen molar-refractivity contribution < 1.29 is 0 Å². The Morgan fingerprint density at radius 3 is 2.56 bits per heavy atom. The molecule has 2 fully saturated rings. The molecule has 1 aliphatic carbocycles. The van der Waals surface area contributed by atoms with Crippen LogP contribution >= 0.6 is 0 Å². The molecular weight excluding hydrogens is 424 g/mol. The van der Waals surface area contributed by atoms with Gasteiger partial charge in [-0.1, -0.05) is 12.1 Å². The van der Waals surface area contributed by atoms with Crippen molar-refractivity contribution in [2.45, 2.75) is 45.3 Å². The summed E-state index contributed by atoms with van der Waals surface area (Å²) in [7, 11) is 2.16. The van der Waals surface area contributed by atoms with Gasteiger partial charge in [-0.2, -0.15) is 15.1 Å². The molecule has 1 saturated heterocycles. The van der Waals surface area contributed by atoms with Gasteiger partial charge in [-0.3, -0.25) is 4.68 Å². The van der Waals surface area contributed by atoms with E-state index in [-0.39, 0.29) is 0 Å². The third-order valence-electron chi connectivity index (χ3n) is 7.54. The third kappa shape index (κ3) is 4.34. The van der Waals surface area contributed by atoms with Crippen LogP contribution in [0.2, 0.25) is 0 Å². The summed E-state index contributed by atoms with van der Waals surface area (Å²) in [4.78, 5) is 16.3. The first kappa shape index (κ1) is 21.4. The Bertz CT molecular complexity index is 1180. The normalized spacial score (nSPS) is 21.1. The predicted octanol–water partition coefficient (Wildman–Crippen LogP) is 3.04. The minimum Gasteiger partial charge on any atom is -0.368 e. The van der Waals surface area contributed by atoms with Crippen LogP contribution in [-0.4, -0.2) is 63.9 Å². The van der Waals surface area contributed by atoms with Crippen LogP contribution in [0.3, 0.4) is 0 Å². The summed E-state index contributed by atoms with van der Waals surface area (Å²) in [5.41, 5.74) is 11.4. The number of fused-ring (bicyclic) bond motifs is 1. The molecule has 2 aromatic heterocycles. The van der Waals surface area contributed by atoms with Gasteiger partial charge < -0.3 is 20.4 Å². The number of nitrogens with zero attached hydrogens (tertiary/aromatic N) is 7. The van der Waals surface area contributed by atoms with E-state index in [2.05, 4.69) is 78.9 Å². The third-order valence-corrected chi connectivity index (χ3v) is 7.54. The number of nitrogen functional groups attached to an aromatic ring is 1. The van der Waals surface area contributed by atoms with E-state index in [0.29, 0.717) is 12.0 Å². The smallest absolute Gasteiger partial charge is 0.223 e. The molecule has 4 heterocycles. The first-order chi connectivity index (χ1) is 16.5. The van der Waals surface area contributed by atoms with E-state index in [0.717, 1.165) is 63.2 Å². The molecule has 1 unspecified atom stereocenters. The molecule has 1 saturated carbocycles.